The highest BCUT2D eigenvalue weighted by Crippen LogP contribution is 2.23. The fourth-order valence-corrected chi connectivity index (χ4v) is 3.53. The van der Waals surface area contributed by atoms with E-state index < -0.39 is 0 Å². The van der Waals surface area contributed by atoms with Gasteiger partial charge in [0.1, 0.15) is 5.75 Å². The molecule has 2 unspecified atom stereocenters. The molecule has 0 fully saturated rings. The van der Waals surface area contributed by atoms with E-state index in [0.717, 1.165) is 18.7 Å². The molecular weight excluding hydrogens is 292 g/mol. The lowest BCUT2D eigenvalue weighted by Crippen LogP contribution is -2.36. The van der Waals surface area contributed by atoms with Crippen molar-refractivity contribution < 1.29 is 4.74 Å². The van der Waals surface area contributed by atoms with E-state index in [2.05, 4.69) is 60.9 Å². The topological polar surface area (TPSA) is 24.5 Å². The summed E-state index contributed by atoms with van der Waals surface area (Å²) < 4.78 is 5.43. The first kappa shape index (κ1) is 17.0. The Morgan fingerprint density at radius 2 is 1.95 bits per heavy atom. The molecule has 0 aliphatic rings. The zero-order valence-corrected chi connectivity index (χ0v) is 14.7. The largest absolute Gasteiger partial charge is 0.496 e. The van der Waals surface area contributed by atoms with Crippen molar-refractivity contribution in [2.45, 2.75) is 25.4 Å². The minimum Gasteiger partial charge on any atom is -0.496 e. The highest BCUT2D eigenvalue weighted by Gasteiger charge is 2.16. The van der Waals surface area contributed by atoms with Crippen LogP contribution in [0, 0.1) is 0 Å². The minimum absolute atomic E-state index is 0.402. The second-order valence-electron chi connectivity index (χ2n) is 5.82. The molecule has 2 atom stereocenters. The third-order valence-corrected chi connectivity index (χ3v) is 4.85. The summed E-state index contributed by atoms with van der Waals surface area (Å²) in [6.45, 7) is 3.18. The van der Waals surface area contributed by atoms with Gasteiger partial charge in [-0.25, -0.2) is 0 Å². The number of benzene rings is 1. The minimum atomic E-state index is 0.402. The molecule has 0 aliphatic carbocycles. The summed E-state index contributed by atoms with van der Waals surface area (Å²) in [6, 6.07) is 13.4. The third-order valence-electron chi connectivity index (χ3n) is 3.87. The number of thiophene rings is 1. The molecule has 1 heterocycles. The van der Waals surface area contributed by atoms with Crippen molar-refractivity contribution in [2.75, 3.05) is 27.7 Å². The number of rotatable bonds is 8. The molecule has 0 saturated heterocycles. The average molecular weight is 318 g/mol. The Labute approximate surface area is 137 Å². The summed E-state index contributed by atoms with van der Waals surface area (Å²) in [6.07, 6.45) is 0.967. The van der Waals surface area contributed by atoms with Crippen LogP contribution in [0.3, 0.4) is 0 Å². The molecular formula is C18H26N2OS. The maximum atomic E-state index is 5.43. The van der Waals surface area contributed by atoms with E-state index >= 15 is 0 Å². The van der Waals surface area contributed by atoms with Gasteiger partial charge in [0.2, 0.25) is 0 Å². The first-order chi connectivity index (χ1) is 10.6. The predicted molar refractivity (Wildman–Crippen MR) is 94.9 cm³/mol. The number of nitrogens with one attached hydrogen (secondary N) is 1. The van der Waals surface area contributed by atoms with Crippen LogP contribution in [-0.4, -0.2) is 38.7 Å². The molecule has 120 valence electrons. The van der Waals surface area contributed by atoms with Gasteiger partial charge in [-0.3, -0.25) is 0 Å². The van der Waals surface area contributed by atoms with Crippen molar-refractivity contribution in [1.29, 1.82) is 0 Å². The molecule has 1 N–H and O–H groups in total. The fraction of sp³-hybridized carbons (Fsp3) is 0.444. The van der Waals surface area contributed by atoms with Crippen LogP contribution in [-0.2, 0) is 6.42 Å². The molecule has 2 rings (SSSR count). The maximum Gasteiger partial charge on any atom is 0.122 e. The first-order valence-corrected chi connectivity index (χ1v) is 8.55. The van der Waals surface area contributed by atoms with Crippen LogP contribution in [0.25, 0.3) is 0 Å². The molecule has 1 aromatic carbocycles. The van der Waals surface area contributed by atoms with Crippen molar-refractivity contribution in [1.82, 2.24) is 10.2 Å². The molecule has 0 saturated carbocycles. The highest BCUT2D eigenvalue weighted by molar-refractivity contribution is 7.10. The number of likely N-dealkylation sites (N-methyl/N-ethyl adjacent to an activating group) is 1. The Kier molecular flexibility index (Phi) is 6.43. The van der Waals surface area contributed by atoms with Gasteiger partial charge in [-0.2, -0.15) is 0 Å². The Bertz CT molecular complexity index is 554. The van der Waals surface area contributed by atoms with E-state index in [1.807, 2.05) is 23.5 Å². The van der Waals surface area contributed by atoms with Gasteiger partial charge in [0.05, 0.1) is 13.2 Å². The molecule has 3 nitrogen and oxygen atoms in total. The van der Waals surface area contributed by atoms with Crippen LogP contribution in [0.1, 0.15) is 23.4 Å². The van der Waals surface area contributed by atoms with Crippen molar-refractivity contribution >= 4 is 11.3 Å². The van der Waals surface area contributed by atoms with E-state index in [-0.39, 0.29) is 0 Å². The van der Waals surface area contributed by atoms with E-state index in [9.17, 15) is 0 Å². The van der Waals surface area contributed by atoms with Gasteiger partial charge in [-0.1, -0.05) is 24.3 Å². The van der Waals surface area contributed by atoms with Gasteiger partial charge in [0.15, 0.2) is 0 Å². The van der Waals surface area contributed by atoms with Crippen molar-refractivity contribution in [3.63, 3.8) is 0 Å². The summed E-state index contributed by atoms with van der Waals surface area (Å²) in [4.78, 5) is 3.68. The molecule has 4 heteroatoms. The maximum absolute atomic E-state index is 5.43. The highest BCUT2D eigenvalue weighted by atomic mass is 32.1. The Hall–Kier alpha value is -1.36. The number of hydrogen-bond acceptors (Lipinski definition) is 4. The van der Waals surface area contributed by atoms with Gasteiger partial charge in [0.25, 0.3) is 0 Å². The third kappa shape index (κ3) is 4.57. The SMILES string of the molecule is COc1ccccc1CC(C)NCC(c1cccs1)N(C)C. The Morgan fingerprint density at radius 3 is 2.59 bits per heavy atom. The van der Waals surface area contributed by atoms with Crippen LogP contribution in [0.2, 0.25) is 0 Å². The molecule has 22 heavy (non-hydrogen) atoms. The predicted octanol–water partition coefficient (Wildman–Crippen LogP) is 3.58. The van der Waals surface area contributed by atoms with E-state index in [0.29, 0.717) is 12.1 Å². The second kappa shape index (κ2) is 8.32. The summed E-state index contributed by atoms with van der Waals surface area (Å²) in [7, 11) is 6.00. The monoisotopic (exact) mass is 318 g/mol. The standard InChI is InChI=1S/C18H26N2OS/c1-14(12-15-8-5-6-9-17(15)21-4)19-13-16(20(2)3)18-10-7-11-22-18/h5-11,14,16,19H,12-13H2,1-4H3. The number of nitrogens with zero attached hydrogens (tertiary/aromatic N) is 1. The first-order valence-electron chi connectivity index (χ1n) is 7.67. The van der Waals surface area contributed by atoms with E-state index in [1.165, 1.54) is 10.4 Å². The Balaban J connectivity index is 1.92. The number of ether oxygens (including phenoxy) is 1. The van der Waals surface area contributed by atoms with Crippen LogP contribution in [0.15, 0.2) is 41.8 Å². The van der Waals surface area contributed by atoms with E-state index in [4.69, 9.17) is 4.74 Å². The molecule has 0 amide bonds. The smallest absolute Gasteiger partial charge is 0.122 e. The van der Waals surface area contributed by atoms with Gasteiger partial charge < -0.3 is 15.0 Å². The van der Waals surface area contributed by atoms with Gasteiger partial charge in [-0.05, 0) is 50.5 Å². The molecule has 0 aliphatic heterocycles. The summed E-state index contributed by atoms with van der Waals surface area (Å²) in [5.41, 5.74) is 1.25. The Morgan fingerprint density at radius 1 is 1.18 bits per heavy atom. The van der Waals surface area contributed by atoms with E-state index in [1.54, 1.807) is 7.11 Å². The van der Waals surface area contributed by atoms with Crippen LogP contribution >= 0.6 is 11.3 Å². The lowest BCUT2D eigenvalue weighted by atomic mass is 10.1. The second-order valence-corrected chi connectivity index (χ2v) is 6.80. The average Bonchev–Trinajstić information content (AvgIpc) is 3.01. The summed E-state index contributed by atoms with van der Waals surface area (Å²) in [5.74, 6) is 0.971. The van der Waals surface area contributed by atoms with Crippen LogP contribution in [0.5, 0.6) is 5.75 Å². The molecule has 0 bridgehead atoms. The number of hydrogen-bond donors (Lipinski definition) is 1. The van der Waals surface area contributed by atoms with Gasteiger partial charge in [-0.15, -0.1) is 11.3 Å². The van der Waals surface area contributed by atoms with Crippen LogP contribution in [0.4, 0.5) is 0 Å². The quantitative estimate of drug-likeness (QED) is 0.805. The molecule has 0 spiro atoms. The van der Waals surface area contributed by atoms with Gasteiger partial charge in [0, 0.05) is 17.5 Å². The van der Waals surface area contributed by atoms with Crippen molar-refractivity contribution in [2.24, 2.45) is 0 Å². The fourth-order valence-electron chi connectivity index (χ4n) is 2.60. The number of methoxy groups -OCH3 is 1. The summed E-state index contributed by atoms with van der Waals surface area (Å²) >= 11 is 1.82. The zero-order valence-electron chi connectivity index (χ0n) is 13.9. The van der Waals surface area contributed by atoms with Crippen molar-refractivity contribution in [3.8, 4) is 5.75 Å². The normalized spacial score (nSPS) is 14.0. The van der Waals surface area contributed by atoms with Crippen LogP contribution < -0.4 is 10.1 Å². The summed E-state index contributed by atoms with van der Waals surface area (Å²) in [5, 5.41) is 5.80. The zero-order chi connectivity index (χ0) is 15.9. The molecule has 0 radical (unpaired) electrons. The van der Waals surface area contributed by atoms with Gasteiger partial charge >= 0.3 is 0 Å². The molecule has 1 aromatic heterocycles. The molecule has 2 aromatic rings. The lowest BCUT2D eigenvalue weighted by molar-refractivity contribution is 0.284. The lowest BCUT2D eigenvalue weighted by Gasteiger charge is -2.26. The number of para-hydroxylation sites is 1. The van der Waals surface area contributed by atoms with Crippen molar-refractivity contribution in [3.05, 3.63) is 52.2 Å².